The topological polar surface area (TPSA) is 44.0 Å². The van der Waals surface area contributed by atoms with Crippen molar-refractivity contribution < 1.29 is 5.11 Å². The van der Waals surface area contributed by atoms with E-state index in [1.54, 1.807) is 0 Å². The average Bonchev–Trinajstić information content (AvgIpc) is 2.35. The Kier molecular flexibility index (Phi) is 11.1. The van der Waals surface area contributed by atoms with Gasteiger partial charge in [0.15, 0.2) is 0 Å². The molecule has 0 saturated carbocycles. The molecule has 1 N–H and O–H groups in total. The van der Waals surface area contributed by atoms with Gasteiger partial charge in [0, 0.05) is 0 Å². The number of unbranched alkanes of at least 4 members (excludes halogenated alkanes) is 8. The summed E-state index contributed by atoms with van der Waals surface area (Å²) >= 11 is 0. The van der Waals surface area contributed by atoms with Gasteiger partial charge in [0.1, 0.15) is 0 Å². The van der Waals surface area contributed by atoms with Crippen molar-refractivity contribution in [2.45, 2.75) is 77.2 Å². The number of rotatable bonds is 11. The van der Waals surface area contributed by atoms with E-state index in [2.05, 4.69) is 13.5 Å². The van der Waals surface area contributed by atoms with Crippen molar-refractivity contribution in [1.29, 1.82) is 5.26 Å². The van der Waals surface area contributed by atoms with Crippen LogP contribution in [0.5, 0.6) is 0 Å². The summed E-state index contributed by atoms with van der Waals surface area (Å²) in [4.78, 5) is 0. The lowest BCUT2D eigenvalue weighted by Gasteiger charge is -2.07. The first kappa shape index (κ1) is 16.2. The van der Waals surface area contributed by atoms with Crippen molar-refractivity contribution in [3.63, 3.8) is 0 Å². The Bertz CT molecular complexity index is 230. The Balaban J connectivity index is 3.19. The second-order valence-corrected chi connectivity index (χ2v) is 4.77. The van der Waals surface area contributed by atoms with Crippen LogP contribution in [0.4, 0.5) is 0 Å². The van der Waals surface area contributed by atoms with Crippen molar-refractivity contribution >= 4 is 0 Å². The molecular weight excluding hydrogens is 210 g/mol. The molecule has 0 spiro atoms. The van der Waals surface area contributed by atoms with Gasteiger partial charge < -0.3 is 5.11 Å². The van der Waals surface area contributed by atoms with E-state index in [-0.39, 0.29) is 0 Å². The van der Waals surface area contributed by atoms with E-state index in [1.165, 1.54) is 44.9 Å². The fraction of sp³-hybridized carbons (Fsp3) is 0.800. The van der Waals surface area contributed by atoms with Gasteiger partial charge in [0.2, 0.25) is 0 Å². The van der Waals surface area contributed by atoms with Gasteiger partial charge in [0.25, 0.3) is 0 Å². The lowest BCUT2D eigenvalue weighted by atomic mass is 10.0. The Labute approximate surface area is 106 Å². The third-order valence-corrected chi connectivity index (χ3v) is 3.13. The van der Waals surface area contributed by atoms with E-state index in [0.717, 1.165) is 12.8 Å². The number of hydrogen-bond donors (Lipinski definition) is 1. The van der Waals surface area contributed by atoms with Crippen LogP contribution in [0.15, 0.2) is 12.2 Å². The molecule has 1 atom stereocenters. The van der Waals surface area contributed by atoms with Crippen LogP contribution in [0.2, 0.25) is 0 Å². The van der Waals surface area contributed by atoms with Gasteiger partial charge in [-0.25, -0.2) is 0 Å². The molecule has 2 heteroatoms. The molecule has 0 aliphatic carbocycles. The van der Waals surface area contributed by atoms with Gasteiger partial charge in [-0.1, -0.05) is 71.3 Å². The molecule has 0 aromatic heterocycles. The normalized spacial score (nSPS) is 12.1. The highest BCUT2D eigenvalue weighted by Crippen LogP contribution is 2.13. The number of aliphatic hydroxyl groups excluding tert-OH is 1. The molecule has 0 amide bonds. The van der Waals surface area contributed by atoms with Crippen molar-refractivity contribution in [3.05, 3.63) is 12.2 Å². The van der Waals surface area contributed by atoms with E-state index in [9.17, 15) is 5.11 Å². The van der Waals surface area contributed by atoms with Crippen LogP contribution >= 0.6 is 0 Å². The molecule has 98 valence electrons. The molecule has 0 aliphatic heterocycles. The summed E-state index contributed by atoms with van der Waals surface area (Å²) < 4.78 is 0. The van der Waals surface area contributed by atoms with E-state index in [0.29, 0.717) is 12.0 Å². The molecule has 0 rings (SSSR count). The highest BCUT2D eigenvalue weighted by Gasteiger charge is 2.06. The van der Waals surface area contributed by atoms with E-state index >= 15 is 0 Å². The van der Waals surface area contributed by atoms with Crippen LogP contribution < -0.4 is 0 Å². The van der Waals surface area contributed by atoms with Gasteiger partial charge in [-0.05, 0) is 6.42 Å². The van der Waals surface area contributed by atoms with Crippen LogP contribution in [-0.2, 0) is 0 Å². The Morgan fingerprint density at radius 2 is 1.53 bits per heavy atom. The number of aliphatic hydroxyl groups is 1. The second-order valence-electron chi connectivity index (χ2n) is 4.77. The van der Waals surface area contributed by atoms with Crippen LogP contribution in [0, 0.1) is 11.3 Å². The summed E-state index contributed by atoms with van der Waals surface area (Å²) in [5.41, 5.74) is 0.296. The minimum Gasteiger partial charge on any atom is -0.388 e. The molecule has 0 saturated heterocycles. The molecule has 0 aromatic rings. The monoisotopic (exact) mass is 237 g/mol. The summed E-state index contributed by atoms with van der Waals surface area (Å²) in [5, 5.41) is 18.0. The molecule has 0 aromatic carbocycles. The van der Waals surface area contributed by atoms with Crippen LogP contribution in [-0.4, -0.2) is 11.2 Å². The van der Waals surface area contributed by atoms with Crippen molar-refractivity contribution in [2.75, 3.05) is 0 Å². The third kappa shape index (κ3) is 10.1. The zero-order chi connectivity index (χ0) is 12.9. The molecule has 2 nitrogen and oxygen atoms in total. The zero-order valence-corrected chi connectivity index (χ0v) is 11.2. The zero-order valence-electron chi connectivity index (χ0n) is 11.2. The van der Waals surface area contributed by atoms with Gasteiger partial charge >= 0.3 is 0 Å². The Hall–Kier alpha value is -0.810. The fourth-order valence-electron chi connectivity index (χ4n) is 1.90. The quantitative estimate of drug-likeness (QED) is 0.429. The van der Waals surface area contributed by atoms with Crippen LogP contribution in [0.25, 0.3) is 0 Å². The SMILES string of the molecule is C=C(C#N)C(O)CCCCCCCCCCC. The molecule has 0 heterocycles. The first-order valence-electron chi connectivity index (χ1n) is 6.99. The van der Waals surface area contributed by atoms with Crippen LogP contribution in [0.3, 0.4) is 0 Å². The number of nitriles is 1. The smallest absolute Gasteiger partial charge is 0.0968 e. The minimum atomic E-state index is -0.621. The summed E-state index contributed by atoms with van der Waals surface area (Å²) in [6, 6.07) is 1.90. The molecule has 0 aliphatic rings. The maximum absolute atomic E-state index is 9.50. The maximum atomic E-state index is 9.50. The largest absolute Gasteiger partial charge is 0.388 e. The molecular formula is C15H27NO. The maximum Gasteiger partial charge on any atom is 0.0968 e. The molecule has 17 heavy (non-hydrogen) atoms. The van der Waals surface area contributed by atoms with Gasteiger partial charge in [-0.15, -0.1) is 0 Å². The van der Waals surface area contributed by atoms with Crippen molar-refractivity contribution in [1.82, 2.24) is 0 Å². The molecule has 1 unspecified atom stereocenters. The minimum absolute atomic E-state index is 0.296. The van der Waals surface area contributed by atoms with E-state index < -0.39 is 6.10 Å². The van der Waals surface area contributed by atoms with E-state index in [4.69, 9.17) is 5.26 Å². The Morgan fingerprint density at radius 3 is 2.00 bits per heavy atom. The highest BCUT2D eigenvalue weighted by atomic mass is 16.3. The first-order chi connectivity index (χ1) is 8.22. The number of nitrogens with zero attached hydrogens (tertiary/aromatic N) is 1. The van der Waals surface area contributed by atoms with Crippen molar-refractivity contribution in [3.8, 4) is 6.07 Å². The molecule has 0 bridgehead atoms. The highest BCUT2D eigenvalue weighted by molar-refractivity contribution is 5.20. The molecule has 0 fully saturated rings. The van der Waals surface area contributed by atoms with Crippen LogP contribution in [0.1, 0.15) is 71.1 Å². The summed E-state index contributed by atoms with van der Waals surface area (Å²) in [6.45, 7) is 5.76. The molecule has 0 radical (unpaired) electrons. The predicted molar refractivity (Wildman–Crippen MR) is 72.6 cm³/mol. The van der Waals surface area contributed by atoms with Gasteiger partial charge in [-0.2, -0.15) is 5.26 Å². The Morgan fingerprint density at radius 1 is 1.06 bits per heavy atom. The summed E-state index contributed by atoms with van der Waals surface area (Å²) in [7, 11) is 0. The average molecular weight is 237 g/mol. The standard InChI is InChI=1S/C15H27NO/c1-3-4-5-6-7-8-9-10-11-12-15(17)14(2)13-16/h15,17H,2-12H2,1H3. The number of hydrogen-bond acceptors (Lipinski definition) is 2. The lowest BCUT2D eigenvalue weighted by Crippen LogP contribution is -2.07. The first-order valence-corrected chi connectivity index (χ1v) is 6.99. The van der Waals surface area contributed by atoms with Crippen molar-refractivity contribution in [2.24, 2.45) is 0 Å². The second kappa shape index (κ2) is 11.7. The van der Waals surface area contributed by atoms with Gasteiger partial charge in [-0.3, -0.25) is 0 Å². The predicted octanol–water partition coefficient (Wildman–Crippen LogP) is 4.35. The summed E-state index contributed by atoms with van der Waals surface area (Å²) in [6.07, 6.45) is 11.5. The third-order valence-electron chi connectivity index (χ3n) is 3.13. The lowest BCUT2D eigenvalue weighted by molar-refractivity contribution is 0.201. The van der Waals surface area contributed by atoms with E-state index in [1.807, 2.05) is 6.07 Å². The summed E-state index contributed by atoms with van der Waals surface area (Å²) in [5.74, 6) is 0. The van der Waals surface area contributed by atoms with Gasteiger partial charge in [0.05, 0.1) is 17.7 Å². The fourth-order valence-corrected chi connectivity index (χ4v) is 1.90.